The van der Waals surface area contributed by atoms with Gasteiger partial charge in [0.1, 0.15) is 0 Å². The highest BCUT2D eigenvalue weighted by atomic mass is 32.1. The monoisotopic (exact) mass is 290 g/mol. The molecule has 0 atom stereocenters. The molecule has 0 saturated heterocycles. The summed E-state index contributed by atoms with van der Waals surface area (Å²) in [6, 6.07) is 9.71. The third-order valence-corrected chi connectivity index (χ3v) is 3.09. The third kappa shape index (κ3) is 5.97. The molecule has 1 N–H and O–H groups in total. The van der Waals surface area contributed by atoms with E-state index in [4.69, 9.17) is 12.2 Å². The van der Waals surface area contributed by atoms with Crippen LogP contribution in [0.25, 0.3) is 6.08 Å². The van der Waals surface area contributed by atoms with Crippen molar-refractivity contribution < 1.29 is 4.79 Å². The van der Waals surface area contributed by atoms with Crippen molar-refractivity contribution in [2.24, 2.45) is 0 Å². The van der Waals surface area contributed by atoms with Crippen LogP contribution < -0.4 is 5.32 Å². The fourth-order valence-corrected chi connectivity index (χ4v) is 2.10. The van der Waals surface area contributed by atoms with Crippen LogP contribution in [0.5, 0.6) is 0 Å². The SMILES string of the molecule is CCCN(CCC)C(=S)NC(=O)/C=C/c1ccccc1. The van der Waals surface area contributed by atoms with Crippen LogP contribution in [-0.4, -0.2) is 29.0 Å². The van der Waals surface area contributed by atoms with Gasteiger partial charge in [0, 0.05) is 19.2 Å². The lowest BCUT2D eigenvalue weighted by atomic mass is 10.2. The number of hydrogen-bond acceptors (Lipinski definition) is 2. The Morgan fingerprint density at radius 1 is 1.20 bits per heavy atom. The van der Waals surface area contributed by atoms with Gasteiger partial charge < -0.3 is 4.90 Å². The van der Waals surface area contributed by atoms with Crippen molar-refractivity contribution in [3.05, 3.63) is 42.0 Å². The van der Waals surface area contributed by atoms with Crippen LogP contribution in [0.1, 0.15) is 32.3 Å². The number of hydrogen-bond donors (Lipinski definition) is 1. The minimum absolute atomic E-state index is 0.184. The molecule has 1 amide bonds. The zero-order valence-corrected chi connectivity index (χ0v) is 13.0. The summed E-state index contributed by atoms with van der Waals surface area (Å²) in [7, 11) is 0. The topological polar surface area (TPSA) is 32.3 Å². The average Bonchev–Trinajstić information content (AvgIpc) is 2.46. The van der Waals surface area contributed by atoms with E-state index in [-0.39, 0.29) is 5.91 Å². The summed E-state index contributed by atoms with van der Waals surface area (Å²) in [5.74, 6) is -0.184. The van der Waals surface area contributed by atoms with Crippen molar-refractivity contribution in [2.45, 2.75) is 26.7 Å². The quantitative estimate of drug-likeness (QED) is 0.645. The lowest BCUT2D eigenvalue weighted by molar-refractivity contribution is -0.115. The van der Waals surface area contributed by atoms with Gasteiger partial charge in [-0.05, 0) is 36.7 Å². The highest BCUT2D eigenvalue weighted by molar-refractivity contribution is 7.80. The predicted molar refractivity (Wildman–Crippen MR) is 88.4 cm³/mol. The zero-order chi connectivity index (χ0) is 14.8. The summed E-state index contributed by atoms with van der Waals surface area (Å²) in [6.07, 6.45) is 5.31. The molecule has 0 radical (unpaired) electrons. The Labute approximate surface area is 126 Å². The summed E-state index contributed by atoms with van der Waals surface area (Å²) in [6.45, 7) is 5.94. The number of carbonyl (C=O) groups is 1. The first-order chi connectivity index (χ1) is 9.67. The van der Waals surface area contributed by atoms with Crippen molar-refractivity contribution in [1.82, 2.24) is 10.2 Å². The lowest BCUT2D eigenvalue weighted by Gasteiger charge is -2.23. The summed E-state index contributed by atoms with van der Waals surface area (Å²) in [5, 5.41) is 3.26. The van der Waals surface area contributed by atoms with Gasteiger partial charge >= 0.3 is 0 Å². The van der Waals surface area contributed by atoms with Crippen LogP contribution in [0.3, 0.4) is 0 Å². The lowest BCUT2D eigenvalue weighted by Crippen LogP contribution is -2.42. The van der Waals surface area contributed by atoms with Gasteiger partial charge in [0.25, 0.3) is 0 Å². The smallest absolute Gasteiger partial charge is 0.250 e. The molecule has 0 spiro atoms. The van der Waals surface area contributed by atoms with Gasteiger partial charge in [-0.3, -0.25) is 10.1 Å². The first-order valence-electron chi connectivity index (χ1n) is 7.00. The molecule has 0 aliphatic rings. The van der Waals surface area contributed by atoms with Crippen molar-refractivity contribution in [1.29, 1.82) is 0 Å². The van der Waals surface area contributed by atoms with Gasteiger partial charge in [-0.1, -0.05) is 44.2 Å². The maximum atomic E-state index is 11.8. The Hall–Kier alpha value is -1.68. The van der Waals surface area contributed by atoms with E-state index in [0.717, 1.165) is 31.5 Å². The molecular weight excluding hydrogens is 268 g/mol. The predicted octanol–water partition coefficient (Wildman–Crippen LogP) is 3.22. The molecule has 1 aromatic rings. The van der Waals surface area contributed by atoms with Gasteiger partial charge in [-0.2, -0.15) is 0 Å². The average molecular weight is 290 g/mol. The number of amides is 1. The van der Waals surface area contributed by atoms with E-state index >= 15 is 0 Å². The fraction of sp³-hybridized carbons (Fsp3) is 0.375. The Morgan fingerprint density at radius 3 is 2.35 bits per heavy atom. The summed E-state index contributed by atoms with van der Waals surface area (Å²) in [4.78, 5) is 13.9. The molecule has 0 aromatic heterocycles. The molecule has 0 saturated carbocycles. The van der Waals surface area contributed by atoms with Gasteiger partial charge in [0.15, 0.2) is 5.11 Å². The minimum atomic E-state index is -0.184. The van der Waals surface area contributed by atoms with E-state index in [1.165, 1.54) is 6.08 Å². The normalized spacial score (nSPS) is 10.5. The molecule has 108 valence electrons. The molecule has 20 heavy (non-hydrogen) atoms. The van der Waals surface area contributed by atoms with Crippen LogP contribution >= 0.6 is 12.2 Å². The van der Waals surface area contributed by atoms with E-state index in [2.05, 4.69) is 19.2 Å². The Morgan fingerprint density at radius 2 is 1.80 bits per heavy atom. The molecule has 0 heterocycles. The molecule has 0 fully saturated rings. The number of benzene rings is 1. The van der Waals surface area contributed by atoms with Gasteiger partial charge in [-0.15, -0.1) is 0 Å². The summed E-state index contributed by atoms with van der Waals surface area (Å²) < 4.78 is 0. The van der Waals surface area contributed by atoms with Crippen molar-refractivity contribution in [3.63, 3.8) is 0 Å². The second-order valence-corrected chi connectivity index (χ2v) is 4.91. The number of rotatable bonds is 6. The molecule has 1 aromatic carbocycles. The maximum Gasteiger partial charge on any atom is 0.250 e. The van der Waals surface area contributed by atoms with Crippen LogP contribution in [0, 0.1) is 0 Å². The first kappa shape index (κ1) is 16.4. The molecule has 0 aliphatic carbocycles. The zero-order valence-electron chi connectivity index (χ0n) is 12.1. The second kappa shape index (κ2) is 9.26. The number of thiocarbonyl (C=S) groups is 1. The molecular formula is C16H22N2OS. The fourth-order valence-electron chi connectivity index (χ4n) is 1.82. The Balaban J connectivity index is 2.52. The standard InChI is InChI=1S/C16H22N2OS/c1-3-12-18(13-4-2)16(20)17-15(19)11-10-14-8-6-5-7-9-14/h5-11H,3-4,12-13H2,1-2H3,(H,17,19,20)/b11-10+. The van der Waals surface area contributed by atoms with Gasteiger partial charge in [0.2, 0.25) is 5.91 Å². The number of nitrogens with one attached hydrogen (secondary N) is 1. The van der Waals surface area contributed by atoms with Gasteiger partial charge in [-0.25, -0.2) is 0 Å². The minimum Gasteiger partial charge on any atom is -0.349 e. The molecule has 4 heteroatoms. The Bertz CT molecular complexity index is 451. The summed E-state index contributed by atoms with van der Waals surface area (Å²) in [5.41, 5.74) is 0.993. The molecule has 3 nitrogen and oxygen atoms in total. The van der Waals surface area contributed by atoms with Crippen molar-refractivity contribution in [2.75, 3.05) is 13.1 Å². The number of nitrogens with zero attached hydrogens (tertiary/aromatic N) is 1. The van der Waals surface area contributed by atoms with Crippen molar-refractivity contribution >= 4 is 29.3 Å². The van der Waals surface area contributed by atoms with Crippen LogP contribution in [0.2, 0.25) is 0 Å². The van der Waals surface area contributed by atoms with Gasteiger partial charge in [0.05, 0.1) is 0 Å². The molecule has 0 aliphatic heterocycles. The van der Waals surface area contributed by atoms with Crippen LogP contribution in [0.15, 0.2) is 36.4 Å². The highest BCUT2D eigenvalue weighted by Gasteiger charge is 2.09. The largest absolute Gasteiger partial charge is 0.349 e. The van der Waals surface area contributed by atoms with E-state index in [1.54, 1.807) is 6.08 Å². The van der Waals surface area contributed by atoms with E-state index in [0.29, 0.717) is 5.11 Å². The number of carbonyl (C=O) groups excluding carboxylic acids is 1. The highest BCUT2D eigenvalue weighted by Crippen LogP contribution is 2.01. The van der Waals surface area contributed by atoms with Crippen LogP contribution in [-0.2, 0) is 4.79 Å². The maximum absolute atomic E-state index is 11.8. The second-order valence-electron chi connectivity index (χ2n) is 4.53. The van der Waals surface area contributed by atoms with E-state index in [9.17, 15) is 4.79 Å². The summed E-state index contributed by atoms with van der Waals surface area (Å²) >= 11 is 5.27. The Kier molecular flexibility index (Phi) is 7.58. The van der Waals surface area contributed by atoms with E-state index < -0.39 is 0 Å². The molecule has 0 unspecified atom stereocenters. The third-order valence-electron chi connectivity index (χ3n) is 2.73. The first-order valence-corrected chi connectivity index (χ1v) is 7.41. The molecule has 0 bridgehead atoms. The molecule has 1 rings (SSSR count). The van der Waals surface area contributed by atoms with E-state index in [1.807, 2.05) is 35.2 Å². The van der Waals surface area contributed by atoms with Crippen LogP contribution in [0.4, 0.5) is 0 Å². The van der Waals surface area contributed by atoms with Crippen molar-refractivity contribution in [3.8, 4) is 0 Å².